The molecule has 1 aliphatic carbocycles. The van der Waals surface area contributed by atoms with Gasteiger partial charge in [0.1, 0.15) is 16.4 Å². The summed E-state index contributed by atoms with van der Waals surface area (Å²) in [5.74, 6) is 0.982. The molecule has 20 heavy (non-hydrogen) atoms. The fourth-order valence-electron chi connectivity index (χ4n) is 2.77. The number of nitrogens with two attached hydrogens (primary N) is 1. The molecule has 1 saturated carbocycles. The van der Waals surface area contributed by atoms with Crippen LogP contribution in [0.1, 0.15) is 47.0 Å². The van der Waals surface area contributed by atoms with Gasteiger partial charge in [-0.15, -0.1) is 0 Å². The van der Waals surface area contributed by atoms with Crippen LogP contribution in [0.3, 0.4) is 0 Å². The first-order valence-corrected chi connectivity index (χ1v) is 7.91. The maximum Gasteiger partial charge on any atom is 0.347 e. The summed E-state index contributed by atoms with van der Waals surface area (Å²) in [5, 5.41) is 10.6. The Labute approximate surface area is 125 Å². The molecule has 0 amide bonds. The molecule has 112 valence electrons. The highest BCUT2D eigenvalue weighted by Gasteiger charge is 2.34. The molecular weight excluding hydrogens is 272 g/mol. The normalized spacial score (nSPS) is 27.7. The summed E-state index contributed by atoms with van der Waals surface area (Å²) in [4.78, 5) is 12.4. The number of carbonyl (C=O) groups excluding carboxylic acids is 1. The van der Waals surface area contributed by atoms with Crippen LogP contribution >= 0.6 is 11.8 Å². The van der Waals surface area contributed by atoms with Gasteiger partial charge in [-0.1, -0.05) is 27.2 Å². The fraction of sp³-hybridized carbons (Fsp3) is 0.733. The van der Waals surface area contributed by atoms with E-state index in [1.54, 1.807) is 6.92 Å². The lowest BCUT2D eigenvalue weighted by Gasteiger charge is -2.36. The molecule has 0 spiro atoms. The van der Waals surface area contributed by atoms with E-state index in [1.165, 1.54) is 6.42 Å². The molecule has 1 aliphatic rings. The van der Waals surface area contributed by atoms with Gasteiger partial charge in [0, 0.05) is 5.70 Å². The molecule has 5 heteroatoms. The Hall–Kier alpha value is -1.15. The van der Waals surface area contributed by atoms with Crippen molar-refractivity contribution < 1.29 is 9.53 Å². The number of nitrogens with zero attached hydrogens (tertiary/aromatic N) is 1. The van der Waals surface area contributed by atoms with Crippen molar-refractivity contribution in [2.45, 2.75) is 53.1 Å². The van der Waals surface area contributed by atoms with E-state index in [1.807, 2.05) is 5.40 Å². The standard InChI is InChI=1S/C15H24N2O2S/c1-9(2)12-6-5-10(3)7-13(12)19-15(18)14(11(4)17)20-8-16/h9-10,12-13H,5-7,17H2,1-4H3/b14-11+/t10-,12+,13-/m1/s1. The number of allylic oxidation sites excluding steroid dienone is 1. The van der Waals surface area contributed by atoms with Crippen molar-refractivity contribution in [3.8, 4) is 5.40 Å². The highest BCUT2D eigenvalue weighted by molar-refractivity contribution is 8.08. The van der Waals surface area contributed by atoms with Crippen molar-refractivity contribution in [2.24, 2.45) is 23.5 Å². The van der Waals surface area contributed by atoms with Crippen molar-refractivity contribution >= 4 is 17.7 Å². The van der Waals surface area contributed by atoms with Crippen LogP contribution in [0, 0.1) is 28.4 Å². The van der Waals surface area contributed by atoms with Gasteiger partial charge in [0.05, 0.1) is 0 Å². The lowest BCUT2D eigenvalue weighted by molar-refractivity contribution is -0.150. The summed E-state index contributed by atoms with van der Waals surface area (Å²) in [7, 11) is 0. The van der Waals surface area contributed by atoms with Crippen molar-refractivity contribution in [3.05, 3.63) is 10.6 Å². The monoisotopic (exact) mass is 296 g/mol. The smallest absolute Gasteiger partial charge is 0.347 e. The van der Waals surface area contributed by atoms with Gasteiger partial charge in [-0.25, -0.2) is 4.79 Å². The van der Waals surface area contributed by atoms with Gasteiger partial charge in [-0.05, 0) is 49.3 Å². The second-order valence-electron chi connectivity index (χ2n) is 5.98. The average Bonchev–Trinajstić information content (AvgIpc) is 2.34. The predicted octanol–water partition coefficient (Wildman–Crippen LogP) is 3.39. The van der Waals surface area contributed by atoms with E-state index in [-0.39, 0.29) is 11.0 Å². The Balaban J connectivity index is 2.80. The summed E-state index contributed by atoms with van der Waals surface area (Å²) in [6, 6.07) is 0. The maximum atomic E-state index is 12.2. The molecule has 0 bridgehead atoms. The number of thioether (sulfide) groups is 1. The predicted molar refractivity (Wildman–Crippen MR) is 81.3 cm³/mol. The lowest BCUT2D eigenvalue weighted by atomic mass is 9.75. The van der Waals surface area contributed by atoms with Crippen LogP contribution in [0.5, 0.6) is 0 Å². The SMILES string of the molecule is C/C(N)=C(\SC#N)C(=O)O[C@@H]1C[C@H](C)CC[C@H]1C(C)C. The minimum Gasteiger partial charge on any atom is -0.458 e. The Morgan fingerprint density at radius 3 is 2.60 bits per heavy atom. The van der Waals surface area contributed by atoms with Crippen molar-refractivity contribution in [1.29, 1.82) is 5.26 Å². The van der Waals surface area contributed by atoms with Crippen LogP contribution in [0.4, 0.5) is 0 Å². The van der Waals surface area contributed by atoms with E-state index in [2.05, 4.69) is 20.8 Å². The minimum atomic E-state index is -0.457. The Morgan fingerprint density at radius 2 is 2.10 bits per heavy atom. The van der Waals surface area contributed by atoms with E-state index >= 15 is 0 Å². The third-order valence-corrected chi connectivity index (χ3v) is 4.70. The number of carbonyl (C=O) groups is 1. The summed E-state index contributed by atoms with van der Waals surface area (Å²) >= 11 is 0.777. The van der Waals surface area contributed by atoms with Gasteiger partial charge in [-0.2, -0.15) is 5.26 Å². The van der Waals surface area contributed by atoms with Gasteiger partial charge in [-0.3, -0.25) is 0 Å². The molecule has 0 saturated heterocycles. The number of rotatable bonds is 4. The zero-order valence-electron chi connectivity index (χ0n) is 12.7. The molecule has 0 radical (unpaired) electrons. The molecule has 0 heterocycles. The summed E-state index contributed by atoms with van der Waals surface area (Å²) in [6.07, 6.45) is 3.09. The third kappa shape index (κ3) is 4.45. The summed E-state index contributed by atoms with van der Waals surface area (Å²) in [6.45, 7) is 8.13. The van der Waals surface area contributed by atoms with E-state index in [4.69, 9.17) is 15.7 Å². The van der Waals surface area contributed by atoms with Gasteiger partial charge in [0.2, 0.25) is 0 Å². The topological polar surface area (TPSA) is 76.1 Å². The van der Waals surface area contributed by atoms with Crippen LogP contribution in [0.2, 0.25) is 0 Å². The van der Waals surface area contributed by atoms with Crippen molar-refractivity contribution in [3.63, 3.8) is 0 Å². The second kappa shape index (κ2) is 7.58. The van der Waals surface area contributed by atoms with Crippen LogP contribution in [-0.4, -0.2) is 12.1 Å². The number of ether oxygens (including phenoxy) is 1. The van der Waals surface area contributed by atoms with Crippen LogP contribution in [0.15, 0.2) is 10.6 Å². The molecule has 0 aliphatic heterocycles. The first-order chi connectivity index (χ1) is 9.36. The molecule has 0 aromatic carbocycles. The number of hydrogen-bond donors (Lipinski definition) is 1. The van der Waals surface area contributed by atoms with E-state index in [0.717, 1.165) is 24.6 Å². The van der Waals surface area contributed by atoms with Gasteiger partial charge < -0.3 is 10.5 Å². The minimum absolute atomic E-state index is 0.0695. The van der Waals surface area contributed by atoms with Gasteiger partial charge in [0.25, 0.3) is 0 Å². The Morgan fingerprint density at radius 1 is 1.45 bits per heavy atom. The van der Waals surface area contributed by atoms with E-state index in [9.17, 15) is 4.79 Å². The molecule has 0 aromatic rings. The number of nitriles is 1. The molecule has 2 N–H and O–H groups in total. The van der Waals surface area contributed by atoms with Crippen molar-refractivity contribution in [2.75, 3.05) is 0 Å². The maximum absolute atomic E-state index is 12.2. The van der Waals surface area contributed by atoms with Crippen LogP contribution < -0.4 is 5.73 Å². The number of hydrogen-bond acceptors (Lipinski definition) is 5. The molecule has 0 unspecified atom stereocenters. The molecule has 4 nitrogen and oxygen atoms in total. The van der Waals surface area contributed by atoms with Gasteiger partial charge >= 0.3 is 5.97 Å². The van der Waals surface area contributed by atoms with Crippen molar-refractivity contribution in [1.82, 2.24) is 0 Å². The molecule has 3 atom stereocenters. The van der Waals surface area contributed by atoms with Gasteiger partial charge in [0.15, 0.2) is 0 Å². The fourth-order valence-corrected chi connectivity index (χ4v) is 3.15. The quantitative estimate of drug-likeness (QED) is 0.489. The zero-order valence-corrected chi connectivity index (χ0v) is 13.5. The first-order valence-electron chi connectivity index (χ1n) is 7.10. The first kappa shape index (κ1) is 16.9. The largest absolute Gasteiger partial charge is 0.458 e. The molecule has 1 rings (SSSR count). The highest BCUT2D eigenvalue weighted by Crippen LogP contribution is 2.36. The summed E-state index contributed by atoms with van der Waals surface area (Å²) < 4.78 is 5.66. The Kier molecular flexibility index (Phi) is 6.41. The third-order valence-electron chi connectivity index (χ3n) is 3.91. The average molecular weight is 296 g/mol. The number of esters is 1. The molecule has 0 aromatic heterocycles. The molecular formula is C15H24N2O2S. The van der Waals surface area contributed by atoms with E-state index in [0.29, 0.717) is 23.5 Å². The number of thiocyanates is 1. The van der Waals surface area contributed by atoms with Crippen LogP contribution in [-0.2, 0) is 9.53 Å². The van der Waals surface area contributed by atoms with Crippen LogP contribution in [0.25, 0.3) is 0 Å². The zero-order chi connectivity index (χ0) is 15.3. The van der Waals surface area contributed by atoms with E-state index < -0.39 is 5.97 Å². The molecule has 1 fully saturated rings. The highest BCUT2D eigenvalue weighted by atomic mass is 32.2. The second-order valence-corrected chi connectivity index (χ2v) is 6.77. The summed E-state index contributed by atoms with van der Waals surface area (Å²) in [5.41, 5.74) is 6.00. The Bertz CT molecular complexity index is 422. The lowest BCUT2D eigenvalue weighted by Crippen LogP contribution is -2.36.